The van der Waals surface area contributed by atoms with Crippen LogP contribution in [0.5, 0.6) is 0 Å². The van der Waals surface area contributed by atoms with Crippen molar-refractivity contribution in [1.82, 2.24) is 15.0 Å². The lowest BCUT2D eigenvalue weighted by Gasteiger charge is -2.03. The van der Waals surface area contributed by atoms with Crippen molar-refractivity contribution in [3.63, 3.8) is 0 Å². The highest BCUT2D eigenvalue weighted by molar-refractivity contribution is 9.10. The number of halogens is 2. The van der Waals surface area contributed by atoms with Gasteiger partial charge in [0.05, 0.1) is 16.1 Å². The number of hydrogen-bond acceptors (Lipinski definition) is 3. The number of nitrogens with two attached hydrogens (primary N) is 1. The van der Waals surface area contributed by atoms with E-state index in [0.29, 0.717) is 27.7 Å². The van der Waals surface area contributed by atoms with Gasteiger partial charge in [0.25, 0.3) is 0 Å². The van der Waals surface area contributed by atoms with Crippen molar-refractivity contribution >= 4 is 44.4 Å². The van der Waals surface area contributed by atoms with E-state index in [4.69, 9.17) is 17.3 Å². The Hall–Kier alpha value is -1.59. The molecule has 90 valence electrons. The molecule has 18 heavy (non-hydrogen) atoms. The Balaban J connectivity index is 2.26. The molecule has 0 atom stereocenters. The minimum absolute atomic E-state index is 0.563. The molecule has 0 unspecified atom stereocenters. The number of hydrogen-bond donors (Lipinski definition) is 2. The van der Waals surface area contributed by atoms with E-state index in [1.54, 1.807) is 24.4 Å². The van der Waals surface area contributed by atoms with E-state index >= 15 is 0 Å². The fraction of sp³-hybridized carbons (Fsp3) is 0. The Bertz CT molecular complexity index is 718. The van der Waals surface area contributed by atoms with Crippen LogP contribution in [0.2, 0.25) is 5.02 Å². The molecule has 3 N–H and O–H groups in total. The number of nitrogen functional groups attached to an aromatic ring is 1. The normalized spacial score (nSPS) is 11.0. The summed E-state index contributed by atoms with van der Waals surface area (Å²) in [5, 5.41) is 0.563. The Morgan fingerprint density at radius 3 is 2.94 bits per heavy atom. The third-order valence-corrected chi connectivity index (χ3v) is 3.34. The Morgan fingerprint density at radius 1 is 1.33 bits per heavy atom. The summed E-state index contributed by atoms with van der Waals surface area (Å²) in [5.74, 6) is 0.624. The number of anilines is 1. The predicted molar refractivity (Wildman–Crippen MR) is 76.4 cm³/mol. The monoisotopic (exact) mass is 322 g/mol. The first-order chi connectivity index (χ1) is 8.65. The first-order valence-electron chi connectivity index (χ1n) is 5.21. The molecular formula is C12H8BrClN4. The van der Waals surface area contributed by atoms with E-state index in [-0.39, 0.29) is 0 Å². The van der Waals surface area contributed by atoms with E-state index in [9.17, 15) is 0 Å². The second-order valence-corrected chi connectivity index (χ2v) is 5.14. The molecule has 0 bridgehead atoms. The zero-order chi connectivity index (χ0) is 12.7. The number of fused-ring (bicyclic) bond motifs is 1. The minimum Gasteiger partial charge on any atom is -0.398 e. The highest BCUT2D eigenvalue weighted by Crippen LogP contribution is 2.32. The van der Waals surface area contributed by atoms with Gasteiger partial charge in [0, 0.05) is 16.4 Å². The van der Waals surface area contributed by atoms with Crippen molar-refractivity contribution in [2.24, 2.45) is 0 Å². The van der Waals surface area contributed by atoms with Crippen LogP contribution in [0.1, 0.15) is 0 Å². The Morgan fingerprint density at radius 2 is 2.17 bits per heavy atom. The van der Waals surface area contributed by atoms with E-state index in [0.717, 1.165) is 9.99 Å². The minimum atomic E-state index is 0.563. The van der Waals surface area contributed by atoms with Crippen LogP contribution in [0, 0.1) is 0 Å². The van der Waals surface area contributed by atoms with Crippen LogP contribution in [0.3, 0.4) is 0 Å². The molecule has 3 rings (SSSR count). The molecule has 0 aliphatic heterocycles. The van der Waals surface area contributed by atoms with Crippen molar-refractivity contribution in [1.29, 1.82) is 0 Å². The number of nitrogens with zero attached hydrogens (tertiary/aromatic N) is 2. The van der Waals surface area contributed by atoms with Crippen LogP contribution >= 0.6 is 27.5 Å². The van der Waals surface area contributed by atoms with Crippen LogP contribution < -0.4 is 5.73 Å². The van der Waals surface area contributed by atoms with Gasteiger partial charge in [-0.25, -0.2) is 9.97 Å². The number of nitrogens with one attached hydrogen (secondary N) is 1. The van der Waals surface area contributed by atoms with Crippen LogP contribution in [-0.4, -0.2) is 15.0 Å². The molecule has 0 radical (unpaired) electrons. The number of rotatable bonds is 1. The quantitative estimate of drug-likeness (QED) is 0.672. The van der Waals surface area contributed by atoms with Gasteiger partial charge in [0.15, 0.2) is 5.65 Å². The van der Waals surface area contributed by atoms with Gasteiger partial charge < -0.3 is 10.7 Å². The predicted octanol–water partition coefficient (Wildman–Crippen LogP) is 3.62. The summed E-state index contributed by atoms with van der Waals surface area (Å²) in [7, 11) is 0. The lowest BCUT2D eigenvalue weighted by Crippen LogP contribution is -1.91. The molecule has 2 aromatic heterocycles. The zero-order valence-electron chi connectivity index (χ0n) is 9.11. The summed E-state index contributed by atoms with van der Waals surface area (Å²) in [6, 6.07) is 7.28. The summed E-state index contributed by atoms with van der Waals surface area (Å²) < 4.78 is 0.886. The fourth-order valence-corrected chi connectivity index (χ4v) is 2.39. The van der Waals surface area contributed by atoms with Crippen LogP contribution in [0.15, 0.2) is 34.9 Å². The molecule has 0 aliphatic rings. The third kappa shape index (κ3) is 1.85. The van der Waals surface area contributed by atoms with Crippen molar-refractivity contribution in [2.45, 2.75) is 0 Å². The van der Waals surface area contributed by atoms with Gasteiger partial charge in [-0.3, -0.25) is 0 Å². The first-order valence-corrected chi connectivity index (χ1v) is 6.38. The van der Waals surface area contributed by atoms with Gasteiger partial charge in [-0.05, 0) is 34.1 Å². The van der Waals surface area contributed by atoms with Gasteiger partial charge in [0.2, 0.25) is 0 Å². The van der Waals surface area contributed by atoms with Crippen LogP contribution in [-0.2, 0) is 0 Å². The number of aromatic nitrogens is 3. The largest absolute Gasteiger partial charge is 0.398 e. The number of imidazole rings is 1. The molecule has 0 fully saturated rings. The molecule has 3 aromatic rings. The van der Waals surface area contributed by atoms with Crippen molar-refractivity contribution < 1.29 is 0 Å². The molecule has 4 nitrogen and oxygen atoms in total. The van der Waals surface area contributed by atoms with Gasteiger partial charge in [-0.15, -0.1) is 0 Å². The van der Waals surface area contributed by atoms with E-state index in [2.05, 4.69) is 30.9 Å². The summed E-state index contributed by atoms with van der Waals surface area (Å²) in [5.41, 5.74) is 8.68. The summed E-state index contributed by atoms with van der Waals surface area (Å²) >= 11 is 9.52. The number of aromatic amines is 1. The van der Waals surface area contributed by atoms with Crippen LogP contribution in [0.25, 0.3) is 22.6 Å². The maximum atomic E-state index is 6.15. The zero-order valence-corrected chi connectivity index (χ0v) is 11.5. The maximum absolute atomic E-state index is 6.15. The number of pyridine rings is 1. The van der Waals surface area contributed by atoms with Crippen LogP contribution in [0.4, 0.5) is 5.69 Å². The Kier molecular flexibility index (Phi) is 2.72. The average Bonchev–Trinajstić information content (AvgIpc) is 2.71. The van der Waals surface area contributed by atoms with Crippen molar-refractivity contribution in [3.05, 3.63) is 40.0 Å². The standard InChI is InChI=1S/C12H8BrClN4/c13-6-4-9-11(16-5-6)18-12(17-9)10-7(14)2-1-3-8(10)15/h1-5H,15H2,(H,16,17,18). The lowest BCUT2D eigenvalue weighted by molar-refractivity contribution is 1.30. The van der Waals surface area contributed by atoms with Gasteiger partial charge in [0.1, 0.15) is 5.82 Å². The molecule has 0 saturated carbocycles. The molecule has 1 aromatic carbocycles. The van der Waals surface area contributed by atoms with Gasteiger partial charge in [-0.2, -0.15) is 0 Å². The van der Waals surface area contributed by atoms with E-state index < -0.39 is 0 Å². The van der Waals surface area contributed by atoms with E-state index in [1.807, 2.05) is 6.07 Å². The smallest absolute Gasteiger partial charge is 0.178 e. The SMILES string of the molecule is Nc1cccc(Cl)c1-c1nc2ncc(Br)cc2[nH]1. The van der Waals surface area contributed by atoms with Gasteiger partial charge >= 0.3 is 0 Å². The van der Waals surface area contributed by atoms with Crippen molar-refractivity contribution in [3.8, 4) is 11.4 Å². The maximum Gasteiger partial charge on any atom is 0.178 e. The fourth-order valence-electron chi connectivity index (χ4n) is 1.78. The second-order valence-electron chi connectivity index (χ2n) is 3.81. The number of H-pyrrole nitrogens is 1. The summed E-state index contributed by atoms with van der Waals surface area (Å²) in [4.78, 5) is 11.8. The topological polar surface area (TPSA) is 67.6 Å². The molecule has 0 spiro atoms. The summed E-state index contributed by atoms with van der Waals surface area (Å²) in [6.07, 6.45) is 1.70. The highest BCUT2D eigenvalue weighted by Gasteiger charge is 2.12. The second kappa shape index (κ2) is 4.26. The average molecular weight is 324 g/mol. The molecule has 6 heteroatoms. The number of benzene rings is 1. The highest BCUT2D eigenvalue weighted by atomic mass is 79.9. The Labute approximate surface area is 116 Å². The molecule has 0 saturated heterocycles. The molecule has 0 amide bonds. The van der Waals surface area contributed by atoms with Crippen molar-refractivity contribution in [2.75, 3.05) is 5.73 Å². The first kappa shape index (κ1) is 11.5. The summed E-state index contributed by atoms with van der Waals surface area (Å²) in [6.45, 7) is 0. The third-order valence-electron chi connectivity index (χ3n) is 2.59. The van der Waals surface area contributed by atoms with E-state index in [1.165, 1.54) is 0 Å². The molecular weight excluding hydrogens is 316 g/mol. The van der Waals surface area contributed by atoms with Gasteiger partial charge in [-0.1, -0.05) is 17.7 Å². The lowest BCUT2D eigenvalue weighted by atomic mass is 10.2. The molecule has 0 aliphatic carbocycles. The molecule has 2 heterocycles.